The molecule has 32 heavy (non-hydrogen) atoms. The van der Waals surface area contributed by atoms with Gasteiger partial charge in [0.15, 0.2) is 0 Å². The van der Waals surface area contributed by atoms with Crippen LogP contribution in [0.25, 0.3) is 0 Å². The molecule has 1 saturated carbocycles. The Balaban J connectivity index is 1.27. The van der Waals surface area contributed by atoms with Crippen LogP contribution in [0.2, 0.25) is 0 Å². The average molecular weight is 443 g/mol. The first-order valence-corrected chi connectivity index (χ1v) is 12.0. The molecule has 8 nitrogen and oxygen atoms in total. The summed E-state index contributed by atoms with van der Waals surface area (Å²) in [5, 5.41) is 0. The third kappa shape index (κ3) is 4.82. The standard InChI is InChI=1S/C24H34N4O4/c1-26(14-19-5-2-3-10-25-19)22(29)21-15-27(13-18-7-8-18)16-24(32-21)9-11-28(17-24)23(30)20-6-4-12-31-20/h2-3,5,10,18,20-21H,4,6-9,11-17H2,1H3/t20-,21+,24-/m1/s1. The van der Waals surface area contributed by atoms with E-state index in [1.165, 1.54) is 12.8 Å². The van der Waals surface area contributed by atoms with Crippen molar-refractivity contribution >= 4 is 11.8 Å². The fourth-order valence-electron chi connectivity index (χ4n) is 5.31. The Morgan fingerprint density at radius 2 is 2.09 bits per heavy atom. The van der Waals surface area contributed by atoms with Crippen LogP contribution in [0.1, 0.15) is 37.8 Å². The van der Waals surface area contributed by atoms with Crippen molar-refractivity contribution in [3.63, 3.8) is 0 Å². The topological polar surface area (TPSA) is 75.2 Å². The van der Waals surface area contributed by atoms with Crippen LogP contribution < -0.4 is 0 Å². The van der Waals surface area contributed by atoms with Gasteiger partial charge in [0.05, 0.1) is 18.8 Å². The van der Waals surface area contributed by atoms with E-state index in [4.69, 9.17) is 9.47 Å². The smallest absolute Gasteiger partial charge is 0.253 e. The van der Waals surface area contributed by atoms with Crippen LogP contribution in [0.3, 0.4) is 0 Å². The van der Waals surface area contributed by atoms with Gasteiger partial charge in [0.1, 0.15) is 17.8 Å². The van der Waals surface area contributed by atoms with E-state index in [0.717, 1.165) is 44.0 Å². The zero-order valence-corrected chi connectivity index (χ0v) is 18.9. The minimum absolute atomic E-state index is 0.0144. The number of hydrogen-bond acceptors (Lipinski definition) is 6. The van der Waals surface area contributed by atoms with E-state index in [1.807, 2.05) is 30.1 Å². The zero-order chi connectivity index (χ0) is 22.1. The van der Waals surface area contributed by atoms with Crippen molar-refractivity contribution in [1.29, 1.82) is 0 Å². The number of morpholine rings is 1. The summed E-state index contributed by atoms with van der Waals surface area (Å²) in [6.07, 6.45) is 5.97. The van der Waals surface area contributed by atoms with Gasteiger partial charge in [-0.15, -0.1) is 0 Å². The average Bonchev–Trinajstić information content (AvgIpc) is 3.27. The molecule has 5 rings (SSSR count). The molecule has 1 spiro atoms. The molecule has 1 aromatic heterocycles. The highest BCUT2D eigenvalue weighted by molar-refractivity contribution is 5.82. The van der Waals surface area contributed by atoms with Crippen molar-refractivity contribution in [2.75, 3.05) is 46.4 Å². The predicted octanol–water partition coefficient (Wildman–Crippen LogP) is 1.30. The second-order valence-electron chi connectivity index (χ2n) is 9.95. The van der Waals surface area contributed by atoms with Crippen LogP contribution in [0.5, 0.6) is 0 Å². The highest BCUT2D eigenvalue weighted by Crippen LogP contribution is 2.36. The van der Waals surface area contributed by atoms with Crippen LogP contribution >= 0.6 is 0 Å². The van der Waals surface area contributed by atoms with Gasteiger partial charge in [-0.25, -0.2) is 0 Å². The molecule has 2 amide bonds. The number of likely N-dealkylation sites (tertiary alicyclic amines) is 1. The van der Waals surface area contributed by atoms with Crippen molar-refractivity contribution in [3.05, 3.63) is 30.1 Å². The third-order valence-electron chi connectivity index (χ3n) is 7.15. The van der Waals surface area contributed by atoms with E-state index in [2.05, 4.69) is 9.88 Å². The normalized spacial score (nSPS) is 30.7. The fourth-order valence-corrected chi connectivity index (χ4v) is 5.31. The van der Waals surface area contributed by atoms with E-state index in [9.17, 15) is 9.59 Å². The Morgan fingerprint density at radius 3 is 2.81 bits per heavy atom. The largest absolute Gasteiger partial charge is 0.368 e. The van der Waals surface area contributed by atoms with Gasteiger partial charge < -0.3 is 19.3 Å². The van der Waals surface area contributed by atoms with Crippen LogP contribution in [0.15, 0.2) is 24.4 Å². The molecule has 1 aliphatic carbocycles. The zero-order valence-electron chi connectivity index (χ0n) is 18.9. The molecule has 4 aliphatic rings. The molecule has 0 aromatic carbocycles. The summed E-state index contributed by atoms with van der Waals surface area (Å²) in [5.74, 6) is 0.801. The van der Waals surface area contributed by atoms with E-state index < -0.39 is 11.7 Å². The number of hydrogen-bond donors (Lipinski definition) is 0. The second-order valence-corrected chi connectivity index (χ2v) is 9.95. The van der Waals surface area contributed by atoms with Crippen molar-refractivity contribution in [1.82, 2.24) is 19.7 Å². The van der Waals surface area contributed by atoms with E-state index >= 15 is 0 Å². The first-order valence-electron chi connectivity index (χ1n) is 12.0. The van der Waals surface area contributed by atoms with Gasteiger partial charge in [0.2, 0.25) is 0 Å². The quantitative estimate of drug-likeness (QED) is 0.661. The van der Waals surface area contributed by atoms with Gasteiger partial charge in [0.25, 0.3) is 11.8 Å². The van der Waals surface area contributed by atoms with Gasteiger partial charge in [-0.1, -0.05) is 6.07 Å². The Bertz CT molecular complexity index is 827. The van der Waals surface area contributed by atoms with Crippen LogP contribution in [-0.4, -0.2) is 95.7 Å². The molecule has 3 saturated heterocycles. The lowest BCUT2D eigenvalue weighted by Gasteiger charge is -2.44. The van der Waals surface area contributed by atoms with Crippen LogP contribution in [0.4, 0.5) is 0 Å². The number of carbonyl (C=O) groups excluding carboxylic acids is 2. The highest BCUT2D eigenvalue weighted by Gasteiger charge is 2.50. The first-order chi connectivity index (χ1) is 15.5. The summed E-state index contributed by atoms with van der Waals surface area (Å²) in [4.78, 5) is 36.6. The van der Waals surface area contributed by atoms with E-state index in [1.54, 1.807) is 11.1 Å². The van der Waals surface area contributed by atoms with Crippen molar-refractivity contribution < 1.29 is 19.1 Å². The SMILES string of the molecule is CN(Cc1ccccn1)C(=O)[C@@H]1CN(CC2CC2)C[C@@]2(CCN(C(=O)[C@H]3CCCO3)C2)O1. The van der Waals surface area contributed by atoms with Gasteiger partial charge in [-0.2, -0.15) is 0 Å². The number of likely N-dealkylation sites (N-methyl/N-ethyl adjacent to an activating group) is 1. The van der Waals surface area contributed by atoms with Gasteiger partial charge in [-0.05, 0) is 50.2 Å². The molecule has 174 valence electrons. The molecule has 3 aliphatic heterocycles. The van der Waals surface area contributed by atoms with Gasteiger partial charge in [-0.3, -0.25) is 19.5 Å². The van der Waals surface area contributed by atoms with Crippen LogP contribution in [0, 0.1) is 5.92 Å². The van der Waals surface area contributed by atoms with Crippen molar-refractivity contribution in [3.8, 4) is 0 Å². The first kappa shape index (κ1) is 21.8. The van der Waals surface area contributed by atoms with E-state index in [0.29, 0.717) is 32.8 Å². The molecular weight excluding hydrogens is 408 g/mol. The number of ether oxygens (including phenoxy) is 2. The Labute approximate surface area is 189 Å². The maximum absolute atomic E-state index is 13.4. The summed E-state index contributed by atoms with van der Waals surface area (Å²) in [7, 11) is 1.81. The molecule has 3 atom stereocenters. The number of aromatic nitrogens is 1. The number of rotatable bonds is 6. The molecule has 0 N–H and O–H groups in total. The van der Waals surface area contributed by atoms with Crippen LogP contribution in [-0.2, 0) is 25.6 Å². The highest BCUT2D eigenvalue weighted by atomic mass is 16.5. The number of carbonyl (C=O) groups is 2. The second kappa shape index (κ2) is 9.08. The molecule has 0 radical (unpaired) electrons. The number of pyridine rings is 1. The summed E-state index contributed by atoms with van der Waals surface area (Å²) < 4.78 is 12.2. The minimum atomic E-state index is -0.519. The molecule has 8 heteroatoms. The lowest BCUT2D eigenvalue weighted by Crippen LogP contribution is -2.61. The van der Waals surface area contributed by atoms with Gasteiger partial charge in [0, 0.05) is 46.0 Å². The third-order valence-corrected chi connectivity index (χ3v) is 7.15. The Hall–Kier alpha value is -2.03. The lowest BCUT2D eigenvalue weighted by molar-refractivity contribution is -0.178. The molecule has 4 fully saturated rings. The summed E-state index contributed by atoms with van der Waals surface area (Å²) in [6.45, 7) is 4.74. The molecular formula is C24H34N4O4. The molecule has 1 aromatic rings. The maximum atomic E-state index is 13.4. The maximum Gasteiger partial charge on any atom is 0.253 e. The van der Waals surface area contributed by atoms with E-state index in [-0.39, 0.29) is 17.9 Å². The molecule has 0 bridgehead atoms. The number of nitrogens with zero attached hydrogens (tertiary/aromatic N) is 4. The molecule has 0 unspecified atom stereocenters. The molecule has 4 heterocycles. The fraction of sp³-hybridized carbons (Fsp3) is 0.708. The summed E-state index contributed by atoms with van der Waals surface area (Å²) in [6, 6.07) is 5.74. The van der Waals surface area contributed by atoms with Gasteiger partial charge >= 0.3 is 0 Å². The Kier molecular flexibility index (Phi) is 6.18. The van der Waals surface area contributed by atoms with Crippen molar-refractivity contribution in [2.24, 2.45) is 5.92 Å². The number of amides is 2. The Morgan fingerprint density at radius 1 is 1.22 bits per heavy atom. The summed E-state index contributed by atoms with van der Waals surface area (Å²) in [5.41, 5.74) is 0.381. The predicted molar refractivity (Wildman–Crippen MR) is 118 cm³/mol. The minimum Gasteiger partial charge on any atom is -0.368 e. The monoisotopic (exact) mass is 442 g/mol. The van der Waals surface area contributed by atoms with Crippen molar-refractivity contribution in [2.45, 2.75) is 56.5 Å². The summed E-state index contributed by atoms with van der Waals surface area (Å²) >= 11 is 0. The lowest BCUT2D eigenvalue weighted by atomic mass is 9.98.